The summed E-state index contributed by atoms with van der Waals surface area (Å²) in [6.45, 7) is 0.00564. The second-order valence-electron chi connectivity index (χ2n) is 5.34. The number of nitrogens with zero attached hydrogens (tertiary/aromatic N) is 2. The third kappa shape index (κ3) is 3.89. The summed E-state index contributed by atoms with van der Waals surface area (Å²) < 4.78 is 15.4. The number of hydrazone groups is 1. The van der Waals surface area contributed by atoms with Crippen LogP contribution in [0.2, 0.25) is 0 Å². The highest BCUT2D eigenvalue weighted by atomic mass is 16.7. The molecule has 3 rings (SSSR count). The minimum atomic E-state index is -0.553. The largest absolute Gasteiger partial charge is 0.497 e. The van der Waals surface area contributed by atoms with E-state index in [9.17, 15) is 14.9 Å². The van der Waals surface area contributed by atoms with Gasteiger partial charge in [0, 0.05) is 0 Å². The molecule has 2 aromatic carbocycles. The van der Waals surface area contributed by atoms with Crippen molar-refractivity contribution in [2.75, 3.05) is 13.9 Å². The molecule has 0 bridgehead atoms. The SMILES string of the molecule is COc1ccc(CC(=O)N/N=C/c2cc3c(cc2[N+](=O)[O-])OCO3)cc1. The fourth-order valence-electron chi connectivity index (χ4n) is 2.35. The van der Waals surface area contributed by atoms with Gasteiger partial charge in [0.25, 0.3) is 5.69 Å². The first kappa shape index (κ1) is 17.2. The summed E-state index contributed by atoms with van der Waals surface area (Å²) in [6, 6.07) is 9.75. The van der Waals surface area contributed by atoms with Crippen LogP contribution in [-0.4, -0.2) is 30.9 Å². The van der Waals surface area contributed by atoms with E-state index in [2.05, 4.69) is 10.5 Å². The molecule has 0 saturated carbocycles. The van der Waals surface area contributed by atoms with E-state index in [4.69, 9.17) is 14.2 Å². The summed E-state index contributed by atoms with van der Waals surface area (Å²) >= 11 is 0. The lowest BCUT2D eigenvalue weighted by Gasteiger charge is -2.03. The van der Waals surface area contributed by atoms with E-state index in [-0.39, 0.29) is 30.4 Å². The fraction of sp³-hybridized carbons (Fsp3) is 0.176. The zero-order valence-corrected chi connectivity index (χ0v) is 13.8. The average molecular weight is 357 g/mol. The van der Waals surface area contributed by atoms with Crippen molar-refractivity contribution in [3.05, 3.63) is 57.6 Å². The summed E-state index contributed by atoms with van der Waals surface area (Å²) in [5.74, 6) is 1.04. The number of hydrogen-bond donors (Lipinski definition) is 1. The fourth-order valence-corrected chi connectivity index (χ4v) is 2.35. The maximum atomic E-state index is 11.9. The van der Waals surface area contributed by atoms with Crippen molar-refractivity contribution in [3.8, 4) is 17.2 Å². The Bertz CT molecular complexity index is 864. The number of methoxy groups -OCH3 is 1. The maximum Gasteiger partial charge on any atom is 0.282 e. The Labute approximate surface area is 148 Å². The minimum absolute atomic E-state index is 0.00564. The molecule has 0 atom stereocenters. The number of fused-ring (bicyclic) bond motifs is 1. The van der Waals surface area contributed by atoms with Gasteiger partial charge in [0.1, 0.15) is 5.75 Å². The van der Waals surface area contributed by atoms with E-state index in [0.717, 1.165) is 5.56 Å². The van der Waals surface area contributed by atoms with Crippen molar-refractivity contribution < 1.29 is 23.9 Å². The van der Waals surface area contributed by atoms with Crippen LogP contribution in [0.25, 0.3) is 0 Å². The van der Waals surface area contributed by atoms with E-state index in [1.165, 1.54) is 18.3 Å². The lowest BCUT2D eigenvalue weighted by molar-refractivity contribution is -0.385. The first-order valence-corrected chi connectivity index (χ1v) is 7.59. The Hall–Kier alpha value is -3.62. The van der Waals surface area contributed by atoms with E-state index < -0.39 is 4.92 Å². The van der Waals surface area contributed by atoms with Gasteiger partial charge in [0.05, 0.1) is 36.3 Å². The number of rotatable bonds is 6. The molecule has 9 heteroatoms. The van der Waals surface area contributed by atoms with Crippen LogP contribution in [0.15, 0.2) is 41.5 Å². The Morgan fingerprint density at radius 3 is 2.65 bits per heavy atom. The van der Waals surface area contributed by atoms with Crippen LogP contribution < -0.4 is 19.6 Å². The predicted octanol–water partition coefficient (Wildman–Crippen LogP) is 2.02. The van der Waals surface area contributed by atoms with E-state index in [1.54, 1.807) is 31.4 Å². The van der Waals surface area contributed by atoms with Crippen molar-refractivity contribution in [1.29, 1.82) is 0 Å². The van der Waals surface area contributed by atoms with Crippen LogP contribution in [-0.2, 0) is 11.2 Å². The first-order valence-electron chi connectivity index (χ1n) is 7.59. The summed E-state index contributed by atoms with van der Waals surface area (Å²) in [6.07, 6.45) is 1.32. The number of carbonyl (C=O) groups excluding carboxylic acids is 1. The second kappa shape index (κ2) is 7.51. The zero-order valence-electron chi connectivity index (χ0n) is 13.8. The normalized spacial score (nSPS) is 12.2. The van der Waals surface area contributed by atoms with Crippen molar-refractivity contribution in [1.82, 2.24) is 5.43 Å². The van der Waals surface area contributed by atoms with Crippen LogP contribution in [0.4, 0.5) is 5.69 Å². The monoisotopic (exact) mass is 357 g/mol. The number of ether oxygens (including phenoxy) is 3. The van der Waals surface area contributed by atoms with Gasteiger partial charge in [0.2, 0.25) is 12.7 Å². The van der Waals surface area contributed by atoms with Crippen molar-refractivity contribution in [2.45, 2.75) is 6.42 Å². The standard InChI is InChI=1S/C17H15N3O6/c1-24-13-4-2-11(3-5-13)6-17(21)19-18-9-12-7-15-16(26-10-25-15)8-14(12)20(22)23/h2-5,7-9H,6,10H2,1H3,(H,19,21)/b18-9+. The van der Waals surface area contributed by atoms with Gasteiger partial charge < -0.3 is 14.2 Å². The predicted molar refractivity (Wildman–Crippen MR) is 91.7 cm³/mol. The molecule has 26 heavy (non-hydrogen) atoms. The molecule has 2 aromatic rings. The van der Waals surface area contributed by atoms with Gasteiger partial charge in [-0.2, -0.15) is 5.10 Å². The quantitative estimate of drug-likeness (QED) is 0.481. The molecule has 0 unspecified atom stereocenters. The third-order valence-corrected chi connectivity index (χ3v) is 3.64. The van der Waals surface area contributed by atoms with Crippen LogP contribution in [0.1, 0.15) is 11.1 Å². The highest BCUT2D eigenvalue weighted by Gasteiger charge is 2.22. The van der Waals surface area contributed by atoms with Gasteiger partial charge in [0.15, 0.2) is 11.5 Å². The molecule has 0 saturated heterocycles. The minimum Gasteiger partial charge on any atom is -0.497 e. The Kier molecular flexibility index (Phi) is 4.97. The summed E-state index contributed by atoms with van der Waals surface area (Å²) in [4.78, 5) is 22.5. The molecule has 0 aromatic heterocycles. The third-order valence-electron chi connectivity index (χ3n) is 3.64. The first-order chi connectivity index (χ1) is 12.6. The number of nitrogens with one attached hydrogen (secondary N) is 1. The topological polar surface area (TPSA) is 112 Å². The lowest BCUT2D eigenvalue weighted by Crippen LogP contribution is -2.19. The van der Waals surface area contributed by atoms with E-state index in [1.807, 2.05) is 0 Å². The van der Waals surface area contributed by atoms with Crippen LogP contribution in [0.5, 0.6) is 17.2 Å². The van der Waals surface area contributed by atoms with Gasteiger partial charge in [-0.05, 0) is 23.8 Å². The Morgan fingerprint density at radius 2 is 2.00 bits per heavy atom. The highest BCUT2D eigenvalue weighted by molar-refractivity contribution is 5.88. The molecule has 1 N–H and O–H groups in total. The molecule has 1 amide bonds. The number of amides is 1. The molecule has 0 radical (unpaired) electrons. The number of nitro groups is 1. The molecular formula is C17H15N3O6. The van der Waals surface area contributed by atoms with Crippen molar-refractivity contribution >= 4 is 17.8 Å². The van der Waals surface area contributed by atoms with Gasteiger partial charge in [-0.25, -0.2) is 5.43 Å². The molecule has 134 valence electrons. The van der Waals surface area contributed by atoms with E-state index >= 15 is 0 Å². The summed E-state index contributed by atoms with van der Waals surface area (Å²) in [7, 11) is 1.56. The Balaban J connectivity index is 1.66. The lowest BCUT2D eigenvalue weighted by atomic mass is 10.1. The van der Waals surface area contributed by atoms with Crippen LogP contribution in [0.3, 0.4) is 0 Å². The molecule has 1 heterocycles. The van der Waals surface area contributed by atoms with Gasteiger partial charge >= 0.3 is 0 Å². The number of hydrogen-bond acceptors (Lipinski definition) is 7. The molecular weight excluding hydrogens is 342 g/mol. The molecule has 1 aliphatic heterocycles. The highest BCUT2D eigenvalue weighted by Crippen LogP contribution is 2.37. The summed E-state index contributed by atoms with van der Waals surface area (Å²) in [5, 5.41) is 15.0. The van der Waals surface area contributed by atoms with Crippen LogP contribution >= 0.6 is 0 Å². The van der Waals surface area contributed by atoms with E-state index in [0.29, 0.717) is 17.2 Å². The average Bonchev–Trinajstić information content (AvgIpc) is 3.09. The molecule has 0 aliphatic carbocycles. The maximum absolute atomic E-state index is 11.9. The smallest absolute Gasteiger partial charge is 0.282 e. The van der Waals surface area contributed by atoms with Crippen LogP contribution in [0, 0.1) is 10.1 Å². The molecule has 0 spiro atoms. The zero-order chi connectivity index (χ0) is 18.5. The number of benzene rings is 2. The number of carbonyl (C=O) groups is 1. The van der Waals surface area contributed by atoms with Gasteiger partial charge in [-0.15, -0.1) is 0 Å². The van der Waals surface area contributed by atoms with Gasteiger partial charge in [-0.1, -0.05) is 12.1 Å². The molecule has 9 nitrogen and oxygen atoms in total. The van der Waals surface area contributed by atoms with Crippen molar-refractivity contribution in [2.24, 2.45) is 5.10 Å². The van der Waals surface area contributed by atoms with Gasteiger partial charge in [-0.3, -0.25) is 14.9 Å². The summed E-state index contributed by atoms with van der Waals surface area (Å²) in [5.41, 5.74) is 3.14. The molecule has 0 fully saturated rings. The molecule has 1 aliphatic rings. The Morgan fingerprint density at radius 1 is 1.31 bits per heavy atom. The number of nitro benzene ring substituents is 1. The second-order valence-corrected chi connectivity index (χ2v) is 5.34. The van der Waals surface area contributed by atoms with Crippen molar-refractivity contribution in [3.63, 3.8) is 0 Å².